The van der Waals surface area contributed by atoms with Gasteiger partial charge in [0.15, 0.2) is 0 Å². The number of hydrogen-bond acceptors (Lipinski definition) is 2. The number of fused-ring (bicyclic) bond motifs is 3. The molecule has 0 spiro atoms. The van der Waals surface area contributed by atoms with Gasteiger partial charge in [-0.15, -0.1) is 0 Å². The first kappa shape index (κ1) is 25.9. The minimum Gasteiger partial charge on any atom is -0.290 e. The summed E-state index contributed by atoms with van der Waals surface area (Å²) in [5.41, 5.74) is 8.49. The molecule has 4 unspecified atom stereocenters. The van der Waals surface area contributed by atoms with Crippen LogP contribution in [0.4, 0.5) is 0 Å². The average molecular weight is 549 g/mol. The summed E-state index contributed by atoms with van der Waals surface area (Å²) < 4.78 is 0. The Bertz CT molecular complexity index is 1770. The zero-order chi connectivity index (χ0) is 28.0. The number of benzene rings is 3. The molecule has 210 valence electrons. The molecule has 0 saturated carbocycles. The molecule has 0 bridgehead atoms. The van der Waals surface area contributed by atoms with Gasteiger partial charge in [0.25, 0.3) is 0 Å². The molecule has 5 aliphatic rings. The lowest BCUT2D eigenvalue weighted by molar-refractivity contribution is 0.192. The van der Waals surface area contributed by atoms with Crippen molar-refractivity contribution in [1.82, 2.24) is 10.2 Å². The van der Waals surface area contributed by atoms with Crippen LogP contribution in [0.5, 0.6) is 0 Å². The fourth-order valence-corrected chi connectivity index (χ4v) is 8.02. The van der Waals surface area contributed by atoms with E-state index >= 15 is 0 Å². The third-order valence-corrected chi connectivity index (χ3v) is 9.98. The number of allylic oxidation sites excluding steroid dienone is 8. The van der Waals surface area contributed by atoms with Crippen molar-refractivity contribution in [3.63, 3.8) is 0 Å². The van der Waals surface area contributed by atoms with E-state index in [4.69, 9.17) is 0 Å². The van der Waals surface area contributed by atoms with Gasteiger partial charge in [-0.05, 0) is 101 Å². The molecule has 1 heterocycles. The third-order valence-electron chi connectivity index (χ3n) is 9.98. The quantitative estimate of drug-likeness (QED) is 0.327. The SMILES string of the molecule is Cc1ccc2c(C3=CCCCC3)c3ccccc3c(C3=CCC(N4C(C5=CCCC=C5)NC5C=CC=CC54)C=C3)c2c1. The lowest BCUT2D eigenvalue weighted by atomic mass is 9.81. The van der Waals surface area contributed by atoms with E-state index in [0.29, 0.717) is 18.1 Å². The molecule has 4 aliphatic carbocycles. The molecule has 3 aromatic carbocycles. The Hall–Kier alpha value is -3.72. The molecule has 8 rings (SSSR count). The maximum absolute atomic E-state index is 3.95. The first-order valence-corrected chi connectivity index (χ1v) is 16.0. The van der Waals surface area contributed by atoms with E-state index in [9.17, 15) is 0 Å². The van der Waals surface area contributed by atoms with E-state index in [1.54, 1.807) is 0 Å². The van der Waals surface area contributed by atoms with Crippen LogP contribution in [0.2, 0.25) is 0 Å². The minimum absolute atomic E-state index is 0.237. The summed E-state index contributed by atoms with van der Waals surface area (Å²) in [6, 6.07) is 17.3. The molecule has 1 N–H and O–H groups in total. The fourth-order valence-electron chi connectivity index (χ4n) is 8.02. The second kappa shape index (κ2) is 10.8. The summed E-state index contributed by atoms with van der Waals surface area (Å²) >= 11 is 0. The van der Waals surface area contributed by atoms with Crippen LogP contribution in [-0.2, 0) is 0 Å². The average Bonchev–Trinajstić information content (AvgIpc) is 3.44. The van der Waals surface area contributed by atoms with Crippen molar-refractivity contribution in [2.75, 3.05) is 0 Å². The number of rotatable bonds is 4. The van der Waals surface area contributed by atoms with Crippen molar-refractivity contribution in [2.24, 2.45) is 0 Å². The Kier molecular flexibility index (Phi) is 6.70. The normalized spacial score (nSPS) is 27.3. The first-order chi connectivity index (χ1) is 20.8. The van der Waals surface area contributed by atoms with Crippen molar-refractivity contribution in [1.29, 1.82) is 0 Å². The smallest absolute Gasteiger partial charge is 0.0873 e. The second-order valence-corrected chi connectivity index (χ2v) is 12.6. The number of hydrogen-bond donors (Lipinski definition) is 1. The summed E-state index contributed by atoms with van der Waals surface area (Å²) in [5.74, 6) is 0. The van der Waals surface area contributed by atoms with Gasteiger partial charge < -0.3 is 0 Å². The van der Waals surface area contributed by atoms with E-state index in [-0.39, 0.29) is 6.17 Å². The maximum Gasteiger partial charge on any atom is 0.0873 e. The van der Waals surface area contributed by atoms with Crippen molar-refractivity contribution >= 4 is 32.7 Å². The van der Waals surface area contributed by atoms with E-state index in [1.807, 2.05) is 0 Å². The number of nitrogens with zero attached hydrogens (tertiary/aromatic N) is 1. The van der Waals surface area contributed by atoms with E-state index in [0.717, 1.165) is 19.3 Å². The van der Waals surface area contributed by atoms with Crippen LogP contribution in [0, 0.1) is 6.92 Å². The molecule has 2 heteroatoms. The third kappa shape index (κ3) is 4.40. The van der Waals surface area contributed by atoms with Crippen LogP contribution >= 0.6 is 0 Å². The van der Waals surface area contributed by atoms with Crippen molar-refractivity contribution in [2.45, 2.75) is 76.2 Å². The van der Waals surface area contributed by atoms with E-state index < -0.39 is 0 Å². The standard InChI is InChI=1S/C40H40N2/c1-27-20-25-34-35(26-27)39(33-17-9-8-16-32(33)38(34)28-12-4-2-5-13-28)29-21-23-31(24-22-29)42-37-19-11-10-18-36(37)41-40(42)30-14-6-3-7-15-30/h6,8-12,14-23,25-26,31,36-37,40-41H,2-5,7,13,24H2,1H3. The Balaban J connectivity index is 1.22. The number of aryl methyl sites for hydroxylation is 1. The lowest BCUT2D eigenvalue weighted by Gasteiger charge is -2.36. The molecule has 0 amide bonds. The molecular formula is C40H40N2. The zero-order valence-electron chi connectivity index (χ0n) is 24.6. The van der Waals surface area contributed by atoms with Gasteiger partial charge in [-0.2, -0.15) is 0 Å². The summed E-state index contributed by atoms with van der Waals surface area (Å²) in [5, 5.41) is 9.53. The summed E-state index contributed by atoms with van der Waals surface area (Å²) in [7, 11) is 0. The van der Waals surface area contributed by atoms with Gasteiger partial charge in [-0.3, -0.25) is 10.2 Å². The summed E-state index contributed by atoms with van der Waals surface area (Å²) in [6.07, 6.45) is 34.7. The highest BCUT2D eigenvalue weighted by Gasteiger charge is 2.43. The predicted octanol–water partition coefficient (Wildman–Crippen LogP) is 9.34. The Labute approximate surface area is 250 Å². The van der Waals surface area contributed by atoms with Gasteiger partial charge in [-0.25, -0.2) is 0 Å². The molecule has 3 aromatic rings. The van der Waals surface area contributed by atoms with Crippen molar-refractivity contribution in [3.8, 4) is 0 Å². The maximum atomic E-state index is 3.95. The first-order valence-electron chi connectivity index (χ1n) is 16.0. The van der Waals surface area contributed by atoms with Gasteiger partial charge >= 0.3 is 0 Å². The van der Waals surface area contributed by atoms with Gasteiger partial charge in [0.1, 0.15) is 0 Å². The molecule has 1 aliphatic heterocycles. The molecule has 0 aromatic heterocycles. The number of nitrogens with one attached hydrogen (secondary N) is 1. The molecule has 1 fully saturated rings. The van der Waals surface area contributed by atoms with Crippen LogP contribution in [-0.4, -0.2) is 29.2 Å². The molecule has 4 atom stereocenters. The van der Waals surface area contributed by atoms with Crippen LogP contribution in [0.3, 0.4) is 0 Å². The molecule has 1 saturated heterocycles. The van der Waals surface area contributed by atoms with Gasteiger partial charge in [0.05, 0.1) is 6.17 Å². The van der Waals surface area contributed by atoms with Crippen LogP contribution < -0.4 is 5.32 Å². The van der Waals surface area contributed by atoms with Gasteiger partial charge in [0.2, 0.25) is 0 Å². The van der Waals surface area contributed by atoms with E-state index in [2.05, 4.69) is 126 Å². The molecule has 42 heavy (non-hydrogen) atoms. The van der Waals surface area contributed by atoms with Crippen LogP contribution in [0.25, 0.3) is 32.7 Å². The highest BCUT2D eigenvalue weighted by Crippen LogP contribution is 2.44. The summed E-state index contributed by atoms with van der Waals surface area (Å²) in [4.78, 5) is 2.72. The molecular weight excluding hydrogens is 508 g/mol. The van der Waals surface area contributed by atoms with Gasteiger partial charge in [-0.1, -0.05) is 115 Å². The van der Waals surface area contributed by atoms with Gasteiger partial charge in [0, 0.05) is 18.1 Å². The topological polar surface area (TPSA) is 15.3 Å². The highest BCUT2D eigenvalue weighted by atomic mass is 15.4. The summed E-state index contributed by atoms with van der Waals surface area (Å²) in [6.45, 7) is 2.23. The highest BCUT2D eigenvalue weighted by molar-refractivity contribution is 6.17. The predicted molar refractivity (Wildman–Crippen MR) is 179 cm³/mol. The van der Waals surface area contributed by atoms with Crippen LogP contribution in [0.1, 0.15) is 61.6 Å². The second-order valence-electron chi connectivity index (χ2n) is 12.6. The lowest BCUT2D eigenvalue weighted by Crippen LogP contribution is -2.46. The fraction of sp³-hybridized carbons (Fsp3) is 0.300. The monoisotopic (exact) mass is 548 g/mol. The zero-order valence-corrected chi connectivity index (χ0v) is 24.6. The van der Waals surface area contributed by atoms with Crippen LogP contribution in [0.15, 0.2) is 115 Å². The van der Waals surface area contributed by atoms with Crippen molar-refractivity contribution < 1.29 is 0 Å². The molecule has 2 nitrogen and oxygen atoms in total. The Morgan fingerprint density at radius 1 is 0.762 bits per heavy atom. The Morgan fingerprint density at radius 2 is 1.62 bits per heavy atom. The minimum atomic E-state index is 0.237. The molecule has 0 radical (unpaired) electrons. The van der Waals surface area contributed by atoms with Crippen molar-refractivity contribution in [3.05, 3.63) is 132 Å². The Morgan fingerprint density at radius 3 is 2.40 bits per heavy atom. The largest absolute Gasteiger partial charge is 0.290 e. The van der Waals surface area contributed by atoms with E-state index in [1.165, 1.54) is 80.6 Å².